The number of hydrogen-bond donors (Lipinski definition) is 1. The van der Waals surface area contributed by atoms with E-state index in [1.54, 1.807) is 0 Å². The zero-order valence-electron chi connectivity index (χ0n) is 7.00. The lowest BCUT2D eigenvalue weighted by Gasteiger charge is -2.06. The van der Waals surface area contributed by atoms with Gasteiger partial charge in [0.25, 0.3) is 0 Å². The van der Waals surface area contributed by atoms with Crippen LogP contribution < -0.4 is 5.32 Å². The fraction of sp³-hybridized carbons (Fsp3) is 0.571. The van der Waals surface area contributed by atoms with Crippen LogP contribution in [0.2, 0.25) is 0 Å². The maximum Gasteiger partial charge on any atom is 0.226 e. The highest BCUT2D eigenvalue weighted by atomic mass is 15.1. The van der Waals surface area contributed by atoms with Crippen LogP contribution in [0.5, 0.6) is 0 Å². The van der Waals surface area contributed by atoms with Gasteiger partial charge >= 0.3 is 0 Å². The number of hydrogen-bond acceptors (Lipinski definition) is 4. The molecule has 60 valence electrons. The highest BCUT2D eigenvalue weighted by Gasteiger charge is 1.97. The monoisotopic (exact) mass is 152 g/mol. The normalized spacial score (nSPS) is 10.2. The van der Waals surface area contributed by atoms with E-state index in [1.807, 2.05) is 20.8 Å². The molecule has 0 atom stereocenters. The van der Waals surface area contributed by atoms with Crippen LogP contribution in [-0.2, 0) is 0 Å². The molecule has 0 fully saturated rings. The Bertz CT molecular complexity index is 234. The minimum atomic E-state index is 0.358. The fourth-order valence-corrected chi connectivity index (χ4v) is 0.706. The van der Waals surface area contributed by atoms with Crippen LogP contribution in [-0.4, -0.2) is 21.0 Å². The molecule has 0 aromatic carbocycles. The van der Waals surface area contributed by atoms with Crippen LogP contribution >= 0.6 is 0 Å². The summed E-state index contributed by atoms with van der Waals surface area (Å²) in [6.07, 6.45) is 1.51. The van der Waals surface area contributed by atoms with Crippen LogP contribution in [0.25, 0.3) is 0 Å². The number of nitrogens with one attached hydrogen (secondary N) is 1. The molecule has 0 bridgehead atoms. The second-order valence-electron chi connectivity index (χ2n) is 2.66. The second-order valence-corrected chi connectivity index (χ2v) is 2.66. The average molecular weight is 152 g/mol. The standard InChI is InChI=1S/C7H12N4/c1-5(2)10-7-9-4-8-6(3)11-7/h4-5H,1-3H3,(H,8,9,10,11). The molecule has 1 aromatic heterocycles. The first kappa shape index (κ1) is 7.91. The molecule has 0 aliphatic carbocycles. The van der Waals surface area contributed by atoms with E-state index in [2.05, 4.69) is 20.3 Å². The SMILES string of the molecule is Cc1ncnc(NC(C)C)n1. The lowest BCUT2D eigenvalue weighted by atomic mass is 10.4. The van der Waals surface area contributed by atoms with E-state index in [0.29, 0.717) is 12.0 Å². The molecule has 1 aromatic rings. The molecular formula is C7H12N4. The van der Waals surface area contributed by atoms with Crippen LogP contribution in [0, 0.1) is 6.92 Å². The summed E-state index contributed by atoms with van der Waals surface area (Å²) in [4.78, 5) is 11.9. The lowest BCUT2D eigenvalue weighted by molar-refractivity contribution is 0.856. The molecule has 0 aliphatic heterocycles. The summed E-state index contributed by atoms with van der Waals surface area (Å²) in [5, 5.41) is 3.08. The third-order valence-electron chi connectivity index (χ3n) is 1.11. The van der Waals surface area contributed by atoms with E-state index in [-0.39, 0.29) is 0 Å². The van der Waals surface area contributed by atoms with E-state index in [1.165, 1.54) is 6.33 Å². The minimum Gasteiger partial charge on any atom is -0.352 e. The van der Waals surface area contributed by atoms with Gasteiger partial charge in [-0.3, -0.25) is 0 Å². The molecule has 0 saturated carbocycles. The van der Waals surface area contributed by atoms with Crippen LogP contribution in [0.1, 0.15) is 19.7 Å². The van der Waals surface area contributed by atoms with Gasteiger partial charge in [0.1, 0.15) is 12.2 Å². The van der Waals surface area contributed by atoms with Gasteiger partial charge in [-0.2, -0.15) is 4.98 Å². The maximum atomic E-state index is 4.08. The van der Waals surface area contributed by atoms with Crippen molar-refractivity contribution in [3.05, 3.63) is 12.2 Å². The highest BCUT2D eigenvalue weighted by molar-refractivity contribution is 5.23. The summed E-state index contributed by atoms with van der Waals surface area (Å²) in [7, 11) is 0. The Balaban J connectivity index is 2.71. The maximum absolute atomic E-state index is 4.08. The van der Waals surface area contributed by atoms with Crippen molar-refractivity contribution in [2.24, 2.45) is 0 Å². The largest absolute Gasteiger partial charge is 0.352 e. The topological polar surface area (TPSA) is 50.7 Å². The third-order valence-corrected chi connectivity index (χ3v) is 1.11. The zero-order chi connectivity index (χ0) is 8.27. The van der Waals surface area contributed by atoms with Crippen LogP contribution in [0.3, 0.4) is 0 Å². The predicted octanol–water partition coefficient (Wildman–Crippen LogP) is 1.00. The number of anilines is 1. The molecule has 1 rings (SSSR count). The number of rotatable bonds is 2. The third kappa shape index (κ3) is 2.49. The first-order chi connectivity index (χ1) is 5.18. The van der Waals surface area contributed by atoms with Crippen molar-refractivity contribution in [2.45, 2.75) is 26.8 Å². The molecule has 1 heterocycles. The highest BCUT2D eigenvalue weighted by Crippen LogP contribution is 1.97. The van der Waals surface area contributed by atoms with Gasteiger partial charge in [0.05, 0.1) is 0 Å². The minimum absolute atomic E-state index is 0.358. The Kier molecular flexibility index (Phi) is 2.36. The Morgan fingerprint density at radius 2 is 2.09 bits per heavy atom. The van der Waals surface area contributed by atoms with Crippen molar-refractivity contribution in [3.8, 4) is 0 Å². The fourth-order valence-electron chi connectivity index (χ4n) is 0.706. The summed E-state index contributed by atoms with van der Waals surface area (Å²) in [5.74, 6) is 1.38. The Morgan fingerprint density at radius 3 is 2.64 bits per heavy atom. The molecule has 11 heavy (non-hydrogen) atoms. The Hall–Kier alpha value is -1.19. The van der Waals surface area contributed by atoms with Crippen molar-refractivity contribution in [1.29, 1.82) is 0 Å². The Morgan fingerprint density at radius 1 is 1.36 bits per heavy atom. The van der Waals surface area contributed by atoms with Crippen molar-refractivity contribution in [2.75, 3.05) is 5.32 Å². The average Bonchev–Trinajstić information content (AvgIpc) is 1.85. The molecule has 4 nitrogen and oxygen atoms in total. The smallest absolute Gasteiger partial charge is 0.226 e. The van der Waals surface area contributed by atoms with Gasteiger partial charge in [0.15, 0.2) is 0 Å². The van der Waals surface area contributed by atoms with E-state index in [9.17, 15) is 0 Å². The summed E-state index contributed by atoms with van der Waals surface area (Å²) in [6.45, 7) is 5.92. The van der Waals surface area contributed by atoms with Gasteiger partial charge in [-0.1, -0.05) is 0 Å². The molecule has 0 radical (unpaired) electrons. The van der Waals surface area contributed by atoms with Crippen LogP contribution in [0.15, 0.2) is 6.33 Å². The second kappa shape index (κ2) is 3.27. The molecule has 0 saturated heterocycles. The molecule has 0 aliphatic rings. The van der Waals surface area contributed by atoms with Gasteiger partial charge in [-0.15, -0.1) is 0 Å². The first-order valence-corrected chi connectivity index (χ1v) is 3.60. The van der Waals surface area contributed by atoms with Crippen molar-refractivity contribution >= 4 is 5.95 Å². The first-order valence-electron chi connectivity index (χ1n) is 3.60. The number of aromatic nitrogens is 3. The van der Waals surface area contributed by atoms with Crippen LogP contribution in [0.4, 0.5) is 5.95 Å². The van der Waals surface area contributed by atoms with Gasteiger partial charge in [0.2, 0.25) is 5.95 Å². The quantitative estimate of drug-likeness (QED) is 0.686. The summed E-state index contributed by atoms with van der Waals surface area (Å²) in [5.41, 5.74) is 0. The van der Waals surface area contributed by atoms with E-state index < -0.39 is 0 Å². The van der Waals surface area contributed by atoms with Crippen molar-refractivity contribution in [3.63, 3.8) is 0 Å². The lowest BCUT2D eigenvalue weighted by Crippen LogP contribution is -2.13. The van der Waals surface area contributed by atoms with Gasteiger partial charge < -0.3 is 5.32 Å². The molecular weight excluding hydrogens is 140 g/mol. The van der Waals surface area contributed by atoms with E-state index in [4.69, 9.17) is 0 Å². The summed E-state index contributed by atoms with van der Waals surface area (Å²) in [6, 6.07) is 0.358. The molecule has 1 N–H and O–H groups in total. The van der Waals surface area contributed by atoms with Crippen molar-refractivity contribution < 1.29 is 0 Å². The summed E-state index contributed by atoms with van der Waals surface area (Å²) < 4.78 is 0. The number of nitrogens with zero attached hydrogens (tertiary/aromatic N) is 3. The number of aryl methyl sites for hydroxylation is 1. The predicted molar refractivity (Wildman–Crippen MR) is 43.3 cm³/mol. The molecule has 0 amide bonds. The van der Waals surface area contributed by atoms with E-state index in [0.717, 1.165) is 5.82 Å². The van der Waals surface area contributed by atoms with Gasteiger partial charge in [0, 0.05) is 6.04 Å². The Labute approximate surface area is 66.1 Å². The zero-order valence-corrected chi connectivity index (χ0v) is 7.00. The summed E-state index contributed by atoms with van der Waals surface area (Å²) >= 11 is 0. The molecule has 0 spiro atoms. The van der Waals surface area contributed by atoms with E-state index >= 15 is 0 Å². The molecule has 4 heteroatoms. The van der Waals surface area contributed by atoms with Crippen molar-refractivity contribution in [1.82, 2.24) is 15.0 Å². The van der Waals surface area contributed by atoms with Gasteiger partial charge in [-0.25, -0.2) is 9.97 Å². The molecule has 0 unspecified atom stereocenters. The van der Waals surface area contributed by atoms with Gasteiger partial charge in [-0.05, 0) is 20.8 Å².